The van der Waals surface area contributed by atoms with E-state index in [0.29, 0.717) is 10.6 Å². The minimum atomic E-state index is -1.70. The number of nitrogens with two attached hydrogens (primary N) is 1. The first kappa shape index (κ1) is 10.4. The van der Waals surface area contributed by atoms with Gasteiger partial charge in [-0.15, -0.1) is 0 Å². The van der Waals surface area contributed by atoms with Gasteiger partial charge in [-0.25, -0.2) is 4.39 Å². The van der Waals surface area contributed by atoms with Crippen molar-refractivity contribution in [1.82, 2.24) is 0 Å². The normalized spacial score (nSPS) is 30.1. The Kier molecular flexibility index (Phi) is 2.63. The van der Waals surface area contributed by atoms with Crippen LogP contribution in [0.1, 0.15) is 5.56 Å². The Balaban J connectivity index is 2.46. The molecule has 78 valence electrons. The molecule has 2 unspecified atom stereocenters. The van der Waals surface area contributed by atoms with Gasteiger partial charge in [-0.3, -0.25) is 0 Å². The van der Waals surface area contributed by atoms with E-state index in [1.54, 1.807) is 36.4 Å². The van der Waals surface area contributed by atoms with E-state index in [0.717, 1.165) is 0 Å². The maximum Gasteiger partial charge on any atom is 0.174 e. The largest absolute Gasteiger partial charge is 0.321 e. The molecule has 0 fully saturated rings. The second kappa shape index (κ2) is 3.80. The molecule has 1 nitrogen and oxygen atoms in total. The monoisotopic (exact) mass is 223 g/mol. The van der Waals surface area contributed by atoms with Crippen molar-refractivity contribution in [3.05, 3.63) is 59.2 Å². The summed E-state index contributed by atoms with van der Waals surface area (Å²) in [5.74, 6) is 0. The van der Waals surface area contributed by atoms with Crippen LogP contribution in [0.25, 0.3) is 0 Å². The average Bonchev–Trinajstić information content (AvgIpc) is 2.25. The number of hydrogen-bond donors (Lipinski definition) is 1. The lowest BCUT2D eigenvalue weighted by molar-refractivity contribution is 0.208. The predicted molar refractivity (Wildman–Crippen MR) is 60.3 cm³/mol. The number of rotatable bonds is 1. The molecular formula is C12H11ClFN. The lowest BCUT2D eigenvalue weighted by Gasteiger charge is -2.29. The fourth-order valence-electron chi connectivity index (χ4n) is 1.65. The molecule has 2 N–H and O–H groups in total. The first-order valence-electron chi connectivity index (χ1n) is 4.69. The van der Waals surface area contributed by atoms with Gasteiger partial charge in [-0.2, -0.15) is 0 Å². The Morgan fingerprint density at radius 3 is 2.60 bits per heavy atom. The van der Waals surface area contributed by atoms with Crippen molar-refractivity contribution in [2.24, 2.45) is 5.73 Å². The number of benzene rings is 1. The lowest BCUT2D eigenvalue weighted by atomic mass is 9.85. The summed E-state index contributed by atoms with van der Waals surface area (Å²) in [6, 6.07) is 8.12. The molecule has 0 radical (unpaired) electrons. The zero-order valence-corrected chi connectivity index (χ0v) is 8.79. The highest BCUT2D eigenvalue weighted by molar-refractivity contribution is 6.31. The summed E-state index contributed by atoms with van der Waals surface area (Å²) in [6.07, 6.45) is 4.55. The number of alkyl halides is 1. The smallest absolute Gasteiger partial charge is 0.174 e. The van der Waals surface area contributed by atoms with Gasteiger partial charge in [0.15, 0.2) is 5.67 Å². The average molecular weight is 224 g/mol. The first-order chi connectivity index (χ1) is 7.13. The summed E-state index contributed by atoms with van der Waals surface area (Å²) in [6.45, 7) is 0. The quantitative estimate of drug-likeness (QED) is 0.779. The molecule has 0 bridgehead atoms. The third kappa shape index (κ3) is 1.83. The van der Waals surface area contributed by atoms with Crippen LogP contribution >= 0.6 is 11.6 Å². The third-order valence-corrected chi connectivity index (χ3v) is 2.75. The summed E-state index contributed by atoms with van der Waals surface area (Å²) in [7, 11) is 0. The van der Waals surface area contributed by atoms with Crippen molar-refractivity contribution >= 4 is 11.6 Å². The van der Waals surface area contributed by atoms with Crippen LogP contribution in [0.4, 0.5) is 4.39 Å². The van der Waals surface area contributed by atoms with E-state index < -0.39 is 11.7 Å². The van der Waals surface area contributed by atoms with E-state index in [4.69, 9.17) is 17.3 Å². The molecule has 15 heavy (non-hydrogen) atoms. The van der Waals surface area contributed by atoms with Gasteiger partial charge in [0.1, 0.15) is 0 Å². The molecule has 0 spiro atoms. The zero-order chi connectivity index (χ0) is 10.9. The SMILES string of the molecule is NC1C=CC(Cl)=CC1(F)c1ccccc1. The van der Waals surface area contributed by atoms with Gasteiger partial charge in [0.05, 0.1) is 6.04 Å². The van der Waals surface area contributed by atoms with Crippen molar-refractivity contribution in [3.63, 3.8) is 0 Å². The van der Waals surface area contributed by atoms with Gasteiger partial charge in [-0.05, 0) is 17.7 Å². The molecule has 0 amide bonds. The minimum Gasteiger partial charge on any atom is -0.321 e. The molecule has 2 rings (SSSR count). The van der Waals surface area contributed by atoms with Crippen LogP contribution in [0, 0.1) is 0 Å². The highest BCUT2D eigenvalue weighted by Gasteiger charge is 2.37. The van der Waals surface area contributed by atoms with Crippen LogP contribution in [-0.4, -0.2) is 6.04 Å². The van der Waals surface area contributed by atoms with E-state index in [-0.39, 0.29) is 0 Å². The fourth-order valence-corrected chi connectivity index (χ4v) is 1.88. The van der Waals surface area contributed by atoms with Crippen LogP contribution < -0.4 is 5.73 Å². The van der Waals surface area contributed by atoms with Crippen molar-refractivity contribution in [3.8, 4) is 0 Å². The zero-order valence-electron chi connectivity index (χ0n) is 8.03. The second-order valence-corrected chi connectivity index (χ2v) is 3.98. The van der Waals surface area contributed by atoms with Crippen molar-refractivity contribution in [2.75, 3.05) is 0 Å². The molecule has 1 aromatic rings. The minimum absolute atomic E-state index is 0.378. The maximum atomic E-state index is 14.6. The Bertz CT molecular complexity index is 413. The molecule has 0 saturated heterocycles. The number of allylic oxidation sites excluding steroid dienone is 2. The van der Waals surface area contributed by atoms with Gasteiger partial charge < -0.3 is 5.73 Å². The van der Waals surface area contributed by atoms with Crippen molar-refractivity contribution < 1.29 is 4.39 Å². The van der Waals surface area contributed by atoms with Gasteiger partial charge in [0, 0.05) is 5.03 Å². The summed E-state index contributed by atoms with van der Waals surface area (Å²) < 4.78 is 14.6. The maximum absolute atomic E-state index is 14.6. The Hall–Kier alpha value is -1.12. The van der Waals surface area contributed by atoms with E-state index >= 15 is 0 Å². The molecule has 0 aliphatic heterocycles. The first-order valence-corrected chi connectivity index (χ1v) is 5.07. The van der Waals surface area contributed by atoms with Gasteiger partial charge in [-0.1, -0.05) is 48.0 Å². The number of hydrogen-bond acceptors (Lipinski definition) is 1. The number of halogens is 2. The summed E-state index contributed by atoms with van der Waals surface area (Å²) in [5.41, 5.74) is 4.57. The topological polar surface area (TPSA) is 26.0 Å². The summed E-state index contributed by atoms with van der Waals surface area (Å²) >= 11 is 5.79. The second-order valence-electron chi connectivity index (χ2n) is 3.55. The van der Waals surface area contributed by atoms with E-state index in [2.05, 4.69) is 0 Å². The standard InChI is InChI=1S/C12H11ClFN/c13-10-6-7-11(15)12(14,8-10)9-4-2-1-3-5-9/h1-8,11H,15H2. The van der Waals surface area contributed by atoms with Crippen LogP contribution in [0.3, 0.4) is 0 Å². The van der Waals surface area contributed by atoms with Crippen molar-refractivity contribution in [2.45, 2.75) is 11.7 Å². The predicted octanol–water partition coefficient (Wildman–Crippen LogP) is 2.87. The van der Waals surface area contributed by atoms with Crippen LogP contribution in [0.2, 0.25) is 0 Å². The molecule has 1 aliphatic carbocycles. The summed E-state index contributed by atoms with van der Waals surface area (Å²) in [5, 5.41) is 0.378. The molecule has 0 heterocycles. The van der Waals surface area contributed by atoms with Crippen LogP contribution in [0.15, 0.2) is 53.6 Å². The summed E-state index contributed by atoms with van der Waals surface area (Å²) in [4.78, 5) is 0. The van der Waals surface area contributed by atoms with Gasteiger partial charge >= 0.3 is 0 Å². The van der Waals surface area contributed by atoms with Crippen molar-refractivity contribution in [1.29, 1.82) is 0 Å². The molecule has 1 aliphatic rings. The third-order valence-electron chi connectivity index (χ3n) is 2.51. The molecular weight excluding hydrogens is 213 g/mol. The van der Waals surface area contributed by atoms with E-state index in [1.807, 2.05) is 6.07 Å². The van der Waals surface area contributed by atoms with Crippen LogP contribution in [-0.2, 0) is 5.67 Å². The Morgan fingerprint density at radius 1 is 1.27 bits per heavy atom. The fraction of sp³-hybridized carbons (Fsp3) is 0.167. The molecule has 1 aromatic carbocycles. The highest BCUT2D eigenvalue weighted by atomic mass is 35.5. The lowest BCUT2D eigenvalue weighted by Crippen LogP contribution is -2.40. The van der Waals surface area contributed by atoms with Crippen LogP contribution in [0.5, 0.6) is 0 Å². The van der Waals surface area contributed by atoms with Gasteiger partial charge in [0.25, 0.3) is 0 Å². The molecule has 0 aromatic heterocycles. The molecule has 0 saturated carbocycles. The molecule has 3 heteroatoms. The molecule has 2 atom stereocenters. The van der Waals surface area contributed by atoms with Gasteiger partial charge in [0.2, 0.25) is 0 Å². The van der Waals surface area contributed by atoms with E-state index in [9.17, 15) is 4.39 Å². The highest BCUT2D eigenvalue weighted by Crippen LogP contribution is 2.35. The van der Waals surface area contributed by atoms with E-state index in [1.165, 1.54) is 6.08 Å². The Morgan fingerprint density at radius 2 is 1.93 bits per heavy atom. The Labute approximate surface area is 93.0 Å².